The Morgan fingerprint density at radius 1 is 1.42 bits per heavy atom. The molecule has 1 aliphatic heterocycles. The molecule has 8 nitrogen and oxygen atoms in total. The predicted octanol–water partition coefficient (Wildman–Crippen LogP) is 1.48. The van der Waals surface area contributed by atoms with E-state index < -0.39 is 0 Å². The second-order valence-electron chi connectivity index (χ2n) is 5.83. The quantitative estimate of drug-likeness (QED) is 0.400. The summed E-state index contributed by atoms with van der Waals surface area (Å²) in [6.07, 6.45) is 4.52. The van der Waals surface area contributed by atoms with Gasteiger partial charge in [0.1, 0.15) is 6.54 Å². The van der Waals surface area contributed by atoms with Gasteiger partial charge in [-0.25, -0.2) is 4.98 Å². The van der Waals surface area contributed by atoms with Crippen molar-refractivity contribution in [3.05, 3.63) is 28.5 Å². The number of nitrogens with one attached hydrogen (secondary N) is 1. The van der Waals surface area contributed by atoms with Gasteiger partial charge in [0.2, 0.25) is 5.91 Å². The zero-order chi connectivity index (χ0) is 17.8. The summed E-state index contributed by atoms with van der Waals surface area (Å²) in [7, 11) is 3.58. The smallest absolute Gasteiger partial charge is 0.246 e. The first-order chi connectivity index (χ1) is 12.1. The summed E-state index contributed by atoms with van der Waals surface area (Å²) in [6.45, 7) is 4.34. The minimum absolute atomic E-state index is 0. The molecule has 0 saturated carbocycles. The zero-order valence-corrected chi connectivity index (χ0v) is 18.3. The van der Waals surface area contributed by atoms with Crippen molar-refractivity contribution in [3.63, 3.8) is 0 Å². The highest BCUT2D eigenvalue weighted by molar-refractivity contribution is 14.0. The van der Waals surface area contributed by atoms with Crippen LogP contribution >= 0.6 is 35.3 Å². The standard InChI is InChI=1S/C16H23N7OS.HI/c1-4-14-20-12(11-25-14)7-18-16(17-2)22-5-6-23(15(24)10-22)13-8-19-21(3)9-13;/h8-9,11H,4-7,10H2,1-3H3,(H,17,18);1H. The van der Waals surface area contributed by atoms with E-state index in [0.717, 1.165) is 35.3 Å². The molecule has 1 fully saturated rings. The number of hydrogen-bond donors (Lipinski definition) is 1. The van der Waals surface area contributed by atoms with Gasteiger partial charge in [-0.2, -0.15) is 5.10 Å². The van der Waals surface area contributed by atoms with Gasteiger partial charge in [-0.15, -0.1) is 35.3 Å². The van der Waals surface area contributed by atoms with E-state index in [-0.39, 0.29) is 29.9 Å². The summed E-state index contributed by atoms with van der Waals surface area (Å²) < 4.78 is 1.70. The summed E-state index contributed by atoms with van der Waals surface area (Å²) in [5.41, 5.74) is 1.84. The summed E-state index contributed by atoms with van der Waals surface area (Å²) >= 11 is 1.67. The Labute approximate surface area is 174 Å². The predicted molar refractivity (Wildman–Crippen MR) is 114 cm³/mol. The van der Waals surface area contributed by atoms with Gasteiger partial charge in [-0.1, -0.05) is 6.92 Å². The second-order valence-corrected chi connectivity index (χ2v) is 6.77. The number of thiazole rings is 1. The number of aromatic nitrogens is 3. The van der Waals surface area contributed by atoms with E-state index in [1.165, 1.54) is 0 Å². The molecule has 26 heavy (non-hydrogen) atoms. The van der Waals surface area contributed by atoms with E-state index in [1.54, 1.807) is 34.2 Å². The molecule has 3 heterocycles. The van der Waals surface area contributed by atoms with Crippen LogP contribution in [0.25, 0.3) is 0 Å². The molecule has 1 aliphatic rings. The van der Waals surface area contributed by atoms with Gasteiger partial charge in [0, 0.05) is 38.8 Å². The highest BCUT2D eigenvalue weighted by atomic mass is 127. The molecule has 142 valence electrons. The van der Waals surface area contributed by atoms with E-state index in [2.05, 4.69) is 32.7 Å². The Morgan fingerprint density at radius 2 is 2.23 bits per heavy atom. The number of rotatable bonds is 4. The lowest BCUT2D eigenvalue weighted by atomic mass is 10.3. The minimum atomic E-state index is 0. The third kappa shape index (κ3) is 4.72. The van der Waals surface area contributed by atoms with Crippen LogP contribution in [0.3, 0.4) is 0 Å². The maximum atomic E-state index is 12.5. The Kier molecular flexibility index (Phi) is 7.38. The maximum Gasteiger partial charge on any atom is 0.246 e. The molecule has 0 bridgehead atoms. The molecular formula is C16H24IN7OS. The van der Waals surface area contributed by atoms with Crippen LogP contribution in [0.2, 0.25) is 0 Å². The highest BCUT2D eigenvalue weighted by Gasteiger charge is 2.27. The monoisotopic (exact) mass is 489 g/mol. The molecule has 1 N–H and O–H groups in total. The van der Waals surface area contributed by atoms with E-state index in [9.17, 15) is 4.79 Å². The zero-order valence-electron chi connectivity index (χ0n) is 15.2. The summed E-state index contributed by atoms with van der Waals surface area (Å²) in [6, 6.07) is 0. The van der Waals surface area contributed by atoms with Crippen LogP contribution in [0.1, 0.15) is 17.6 Å². The molecule has 0 radical (unpaired) electrons. The van der Waals surface area contributed by atoms with Crippen molar-refractivity contribution >= 4 is 52.9 Å². The van der Waals surface area contributed by atoms with Gasteiger partial charge in [-0.3, -0.25) is 14.5 Å². The van der Waals surface area contributed by atoms with Crippen molar-refractivity contribution in [2.45, 2.75) is 19.9 Å². The first kappa shape index (κ1) is 20.6. The molecule has 0 atom stereocenters. The van der Waals surface area contributed by atoms with Crippen LogP contribution in [0.15, 0.2) is 22.8 Å². The molecule has 3 rings (SSSR count). The number of amides is 1. The third-order valence-electron chi connectivity index (χ3n) is 4.06. The van der Waals surface area contributed by atoms with E-state index in [4.69, 9.17) is 0 Å². The van der Waals surface area contributed by atoms with Crippen LogP contribution in [-0.2, 0) is 24.8 Å². The number of piperazine rings is 1. The van der Waals surface area contributed by atoms with Crippen LogP contribution in [0.5, 0.6) is 0 Å². The Balaban J connectivity index is 0.00000243. The number of nitrogens with zero attached hydrogens (tertiary/aromatic N) is 6. The van der Waals surface area contributed by atoms with Crippen LogP contribution in [0.4, 0.5) is 5.69 Å². The van der Waals surface area contributed by atoms with Gasteiger partial charge in [0.25, 0.3) is 0 Å². The van der Waals surface area contributed by atoms with Crippen molar-refractivity contribution in [2.75, 3.05) is 31.6 Å². The van der Waals surface area contributed by atoms with Gasteiger partial charge in [-0.05, 0) is 6.42 Å². The molecule has 0 aromatic carbocycles. The van der Waals surface area contributed by atoms with Gasteiger partial charge in [0.05, 0.1) is 29.1 Å². The lowest BCUT2D eigenvalue weighted by Crippen LogP contribution is -2.55. The maximum absolute atomic E-state index is 12.5. The number of aryl methyl sites for hydroxylation is 2. The molecule has 0 aliphatic carbocycles. The lowest BCUT2D eigenvalue weighted by Gasteiger charge is -2.35. The Hall–Kier alpha value is -1.69. The average molecular weight is 489 g/mol. The molecule has 1 saturated heterocycles. The van der Waals surface area contributed by atoms with E-state index >= 15 is 0 Å². The van der Waals surface area contributed by atoms with Gasteiger partial charge < -0.3 is 15.1 Å². The fourth-order valence-corrected chi connectivity index (χ4v) is 3.51. The van der Waals surface area contributed by atoms with Crippen LogP contribution in [0, 0.1) is 0 Å². The number of carbonyl (C=O) groups is 1. The highest BCUT2D eigenvalue weighted by Crippen LogP contribution is 2.16. The molecule has 10 heteroatoms. The molecular weight excluding hydrogens is 465 g/mol. The fourth-order valence-electron chi connectivity index (χ4n) is 2.77. The Morgan fingerprint density at radius 3 is 2.81 bits per heavy atom. The van der Waals surface area contributed by atoms with Crippen LogP contribution in [-0.4, -0.2) is 58.2 Å². The molecule has 0 unspecified atom stereocenters. The first-order valence-electron chi connectivity index (χ1n) is 8.28. The number of hydrogen-bond acceptors (Lipinski definition) is 5. The Bertz CT molecular complexity index is 772. The van der Waals surface area contributed by atoms with Crippen LogP contribution < -0.4 is 10.2 Å². The second kappa shape index (κ2) is 9.31. The van der Waals surface area contributed by atoms with Crippen molar-refractivity contribution in [2.24, 2.45) is 12.0 Å². The van der Waals surface area contributed by atoms with Crippen molar-refractivity contribution in [3.8, 4) is 0 Å². The summed E-state index contributed by atoms with van der Waals surface area (Å²) in [4.78, 5) is 25.1. The minimum Gasteiger partial charge on any atom is -0.351 e. The average Bonchev–Trinajstić information content (AvgIpc) is 3.24. The lowest BCUT2D eigenvalue weighted by molar-refractivity contribution is -0.120. The molecule has 2 aromatic rings. The van der Waals surface area contributed by atoms with E-state index in [0.29, 0.717) is 19.6 Å². The van der Waals surface area contributed by atoms with Gasteiger partial charge >= 0.3 is 0 Å². The molecule has 2 aromatic heterocycles. The summed E-state index contributed by atoms with van der Waals surface area (Å²) in [5, 5.41) is 10.6. The third-order valence-corrected chi connectivity index (χ3v) is 5.11. The normalized spacial score (nSPS) is 15.2. The number of aliphatic imine (C=N–C) groups is 1. The first-order valence-corrected chi connectivity index (χ1v) is 9.16. The number of guanidine groups is 1. The largest absolute Gasteiger partial charge is 0.351 e. The molecule has 0 spiro atoms. The topological polar surface area (TPSA) is 78.7 Å². The van der Waals surface area contributed by atoms with Crippen molar-refractivity contribution in [1.82, 2.24) is 25.0 Å². The number of carbonyl (C=O) groups excluding carboxylic acids is 1. The van der Waals surface area contributed by atoms with Crippen molar-refractivity contribution in [1.29, 1.82) is 0 Å². The van der Waals surface area contributed by atoms with E-state index in [1.807, 2.05) is 18.1 Å². The fraction of sp³-hybridized carbons (Fsp3) is 0.500. The summed E-state index contributed by atoms with van der Waals surface area (Å²) in [5.74, 6) is 0.773. The number of anilines is 1. The van der Waals surface area contributed by atoms with Crippen molar-refractivity contribution < 1.29 is 4.79 Å². The molecule has 1 amide bonds. The van der Waals surface area contributed by atoms with Gasteiger partial charge in [0.15, 0.2) is 5.96 Å². The SMILES string of the molecule is CCc1nc(CNC(=NC)N2CCN(c3cnn(C)c3)C(=O)C2)cs1.I. The number of halogens is 1.